The van der Waals surface area contributed by atoms with Crippen molar-refractivity contribution in [1.29, 1.82) is 0 Å². The van der Waals surface area contributed by atoms with Crippen LogP contribution in [0.15, 0.2) is 42.5 Å². The number of carbonyl (C=O) groups is 2. The zero-order valence-electron chi connectivity index (χ0n) is 17.7. The highest BCUT2D eigenvalue weighted by Gasteiger charge is 2.40. The van der Waals surface area contributed by atoms with Gasteiger partial charge in [0.25, 0.3) is 0 Å². The summed E-state index contributed by atoms with van der Waals surface area (Å²) in [6.07, 6.45) is 2.86. The van der Waals surface area contributed by atoms with Crippen LogP contribution in [0, 0.1) is 17.8 Å². The number of ketones is 1. The molecule has 0 radical (unpaired) electrons. The number of methoxy groups -OCH3 is 1. The van der Waals surface area contributed by atoms with Crippen LogP contribution in [-0.4, -0.2) is 61.0 Å². The van der Waals surface area contributed by atoms with Crippen molar-refractivity contribution < 1.29 is 29.3 Å². The molecule has 1 saturated carbocycles. The Morgan fingerprint density at radius 2 is 2.07 bits per heavy atom. The number of ether oxygens (including phenoxy) is 2. The average Bonchev–Trinajstić information content (AvgIpc) is 3.00. The first kappa shape index (κ1) is 24.1. The molecule has 7 heteroatoms. The Bertz CT molecular complexity index is 692. The predicted octanol–water partition coefficient (Wildman–Crippen LogP) is 1.73. The molecule has 30 heavy (non-hydrogen) atoms. The first-order valence-corrected chi connectivity index (χ1v) is 10.4. The minimum Gasteiger partial charge on any atom is -0.491 e. The van der Waals surface area contributed by atoms with Gasteiger partial charge in [-0.05, 0) is 31.0 Å². The Kier molecular flexibility index (Phi) is 10.00. The fourth-order valence-corrected chi connectivity index (χ4v) is 3.70. The van der Waals surface area contributed by atoms with Crippen molar-refractivity contribution >= 4 is 11.8 Å². The number of rotatable bonds is 12. The largest absolute Gasteiger partial charge is 0.491 e. The van der Waals surface area contributed by atoms with E-state index in [0.29, 0.717) is 31.7 Å². The van der Waals surface area contributed by atoms with Crippen LogP contribution in [0.5, 0.6) is 5.75 Å². The molecule has 1 aliphatic rings. The molecule has 3 N–H and O–H groups in total. The number of nitrogens with one attached hydrogen (secondary N) is 1. The molecule has 0 spiro atoms. The van der Waals surface area contributed by atoms with Crippen LogP contribution < -0.4 is 10.1 Å². The number of Topliss-reactive ketones (excluding diaryl/α,β-unsaturated/α-hetero) is 1. The van der Waals surface area contributed by atoms with E-state index in [4.69, 9.17) is 4.74 Å². The number of hydrogen-bond acceptors (Lipinski definition) is 7. The molecule has 0 bridgehead atoms. The van der Waals surface area contributed by atoms with Crippen molar-refractivity contribution in [2.75, 3.05) is 26.8 Å². The molecule has 1 aliphatic carbocycles. The first-order valence-electron chi connectivity index (χ1n) is 10.4. The van der Waals surface area contributed by atoms with Crippen LogP contribution in [0.2, 0.25) is 0 Å². The molecule has 1 unspecified atom stereocenters. The summed E-state index contributed by atoms with van der Waals surface area (Å²) in [5.41, 5.74) is 0. The lowest BCUT2D eigenvalue weighted by Crippen LogP contribution is -2.28. The molecule has 1 fully saturated rings. The Morgan fingerprint density at radius 1 is 1.33 bits per heavy atom. The normalized spacial score (nSPS) is 23.5. The highest BCUT2D eigenvalue weighted by atomic mass is 16.5. The van der Waals surface area contributed by atoms with E-state index in [9.17, 15) is 19.8 Å². The quantitative estimate of drug-likeness (QED) is 0.269. The third-order valence-electron chi connectivity index (χ3n) is 5.33. The van der Waals surface area contributed by atoms with Crippen LogP contribution in [-0.2, 0) is 14.3 Å². The van der Waals surface area contributed by atoms with Crippen molar-refractivity contribution in [2.45, 2.75) is 38.4 Å². The molecule has 0 amide bonds. The minimum absolute atomic E-state index is 0.0496. The molecule has 0 aliphatic heterocycles. The number of carbonyl (C=O) groups excluding carboxylic acids is 2. The van der Waals surface area contributed by atoms with E-state index >= 15 is 0 Å². The third-order valence-corrected chi connectivity index (χ3v) is 5.33. The van der Waals surface area contributed by atoms with E-state index in [1.54, 1.807) is 12.2 Å². The van der Waals surface area contributed by atoms with E-state index < -0.39 is 12.2 Å². The van der Waals surface area contributed by atoms with Crippen molar-refractivity contribution in [3.05, 3.63) is 42.5 Å². The van der Waals surface area contributed by atoms with Crippen molar-refractivity contribution in [2.24, 2.45) is 17.8 Å². The van der Waals surface area contributed by atoms with Gasteiger partial charge in [-0.2, -0.15) is 0 Å². The highest BCUT2D eigenvalue weighted by molar-refractivity contribution is 5.84. The number of para-hydroxylation sites is 1. The fourth-order valence-electron chi connectivity index (χ4n) is 3.70. The second kappa shape index (κ2) is 12.5. The van der Waals surface area contributed by atoms with Crippen molar-refractivity contribution in [3.8, 4) is 5.75 Å². The van der Waals surface area contributed by atoms with Crippen LogP contribution in [0.4, 0.5) is 0 Å². The Morgan fingerprint density at radius 3 is 2.77 bits per heavy atom. The van der Waals surface area contributed by atoms with E-state index in [-0.39, 0.29) is 42.5 Å². The zero-order valence-corrected chi connectivity index (χ0v) is 17.7. The summed E-state index contributed by atoms with van der Waals surface area (Å²) in [6.45, 7) is 3.32. The summed E-state index contributed by atoms with van der Waals surface area (Å²) >= 11 is 0. The SMILES string of the molecule is COC(=O)CCNCC(C)C[C@H]1C(=O)C[C@@H](O)[C@@H]1/C=C/[C@@H](O)COc1ccccc1. The zero-order chi connectivity index (χ0) is 21.9. The molecule has 2 rings (SSSR count). The van der Waals surface area contributed by atoms with Gasteiger partial charge in [0, 0.05) is 24.8 Å². The standard InChI is InChI=1S/C23H33NO6/c1-16(14-24-11-10-23(28)29-2)12-20-19(21(26)13-22(20)27)9-8-17(25)15-30-18-6-4-3-5-7-18/h3-9,16-17,19-21,24-26H,10-15H2,1-2H3/b9-8+/t16?,17-,19-,20-,21-/m1/s1. The van der Waals surface area contributed by atoms with Gasteiger partial charge in [0.2, 0.25) is 0 Å². The van der Waals surface area contributed by atoms with Gasteiger partial charge in [-0.1, -0.05) is 37.3 Å². The van der Waals surface area contributed by atoms with Gasteiger partial charge in [0.05, 0.1) is 19.6 Å². The summed E-state index contributed by atoms with van der Waals surface area (Å²) in [5, 5.41) is 23.7. The molecule has 5 atom stereocenters. The molecule has 0 heterocycles. The van der Waals surface area contributed by atoms with Gasteiger partial charge in [-0.15, -0.1) is 0 Å². The van der Waals surface area contributed by atoms with E-state index in [1.165, 1.54) is 7.11 Å². The number of aliphatic hydroxyl groups is 2. The van der Waals surface area contributed by atoms with Gasteiger partial charge in [0.15, 0.2) is 0 Å². The lowest BCUT2D eigenvalue weighted by atomic mass is 9.85. The van der Waals surface area contributed by atoms with Gasteiger partial charge in [-0.3, -0.25) is 9.59 Å². The van der Waals surface area contributed by atoms with Crippen molar-refractivity contribution in [3.63, 3.8) is 0 Å². The maximum atomic E-state index is 12.4. The van der Waals surface area contributed by atoms with E-state index in [1.807, 2.05) is 37.3 Å². The lowest BCUT2D eigenvalue weighted by molar-refractivity contribution is -0.140. The number of esters is 1. The van der Waals surface area contributed by atoms with E-state index in [2.05, 4.69) is 10.1 Å². The molecule has 1 aromatic rings. The Balaban J connectivity index is 1.81. The van der Waals surface area contributed by atoms with Gasteiger partial charge in [0.1, 0.15) is 24.2 Å². The maximum absolute atomic E-state index is 12.4. The molecular weight excluding hydrogens is 386 g/mol. The summed E-state index contributed by atoms with van der Waals surface area (Å²) in [4.78, 5) is 23.5. The Hall–Kier alpha value is -2.22. The average molecular weight is 420 g/mol. The van der Waals surface area contributed by atoms with Gasteiger partial charge in [-0.25, -0.2) is 0 Å². The lowest BCUT2D eigenvalue weighted by Gasteiger charge is -2.22. The monoisotopic (exact) mass is 419 g/mol. The topological polar surface area (TPSA) is 105 Å². The molecule has 0 saturated heterocycles. The first-order chi connectivity index (χ1) is 14.4. The third kappa shape index (κ3) is 7.89. The molecule has 166 valence electrons. The summed E-state index contributed by atoms with van der Waals surface area (Å²) in [7, 11) is 1.36. The van der Waals surface area contributed by atoms with E-state index in [0.717, 1.165) is 0 Å². The Labute approximate surface area is 178 Å². The second-order valence-corrected chi connectivity index (χ2v) is 7.87. The molecular formula is C23H33NO6. The van der Waals surface area contributed by atoms with Gasteiger partial charge < -0.3 is 25.0 Å². The van der Waals surface area contributed by atoms with Crippen molar-refractivity contribution in [1.82, 2.24) is 5.32 Å². The number of benzene rings is 1. The summed E-state index contributed by atoms with van der Waals surface area (Å²) in [6, 6.07) is 9.22. The number of hydrogen-bond donors (Lipinski definition) is 3. The summed E-state index contributed by atoms with van der Waals surface area (Å²) < 4.78 is 10.1. The molecule has 1 aromatic carbocycles. The fraction of sp³-hybridized carbons (Fsp3) is 0.565. The smallest absolute Gasteiger partial charge is 0.306 e. The van der Waals surface area contributed by atoms with Crippen LogP contribution in [0.1, 0.15) is 26.2 Å². The maximum Gasteiger partial charge on any atom is 0.306 e. The number of aliphatic hydroxyl groups excluding tert-OH is 2. The molecule has 7 nitrogen and oxygen atoms in total. The molecule has 0 aromatic heterocycles. The highest BCUT2D eigenvalue weighted by Crippen LogP contribution is 2.35. The van der Waals surface area contributed by atoms with Gasteiger partial charge >= 0.3 is 5.97 Å². The predicted molar refractivity (Wildman–Crippen MR) is 113 cm³/mol. The van der Waals surface area contributed by atoms with Crippen LogP contribution in [0.3, 0.4) is 0 Å². The van der Waals surface area contributed by atoms with Crippen LogP contribution >= 0.6 is 0 Å². The van der Waals surface area contributed by atoms with Crippen LogP contribution in [0.25, 0.3) is 0 Å². The minimum atomic E-state index is -0.828. The second-order valence-electron chi connectivity index (χ2n) is 7.87. The summed E-state index contributed by atoms with van der Waals surface area (Å²) in [5.74, 6) is 0.0618.